The number of benzene rings is 1. The lowest BCUT2D eigenvalue weighted by molar-refractivity contribution is -0.137. The van der Waals surface area contributed by atoms with Gasteiger partial charge in [-0.05, 0) is 32.8 Å². The molecule has 1 aromatic rings. The highest BCUT2D eigenvalue weighted by Gasteiger charge is 2.14. The van der Waals surface area contributed by atoms with Crippen LogP contribution in [0.25, 0.3) is 0 Å². The lowest BCUT2D eigenvalue weighted by Crippen LogP contribution is -2.13. The Bertz CT molecular complexity index is 434. The minimum atomic E-state index is -0.797. The van der Waals surface area contributed by atoms with Crippen molar-refractivity contribution in [2.24, 2.45) is 5.73 Å². The second-order valence-electron chi connectivity index (χ2n) is 4.46. The van der Waals surface area contributed by atoms with Crippen molar-refractivity contribution in [3.8, 4) is 11.5 Å². The van der Waals surface area contributed by atoms with Crippen molar-refractivity contribution in [1.29, 1.82) is 0 Å². The quantitative estimate of drug-likeness (QED) is 0.727. The summed E-state index contributed by atoms with van der Waals surface area (Å²) in [6.07, 6.45) is 1.30. The number of hydrogen-bond donors (Lipinski definition) is 2. The fraction of sp³-hybridized carbons (Fsp3) is 0.533. The number of ether oxygens (including phenoxy) is 2. The molecule has 1 atom stereocenters. The Hall–Kier alpha value is -1.75. The fourth-order valence-corrected chi connectivity index (χ4v) is 1.99. The van der Waals surface area contributed by atoms with Crippen LogP contribution in [-0.2, 0) is 4.79 Å². The Morgan fingerprint density at radius 1 is 1.30 bits per heavy atom. The molecule has 1 unspecified atom stereocenters. The van der Waals surface area contributed by atoms with E-state index >= 15 is 0 Å². The molecule has 0 aliphatic heterocycles. The molecule has 0 aromatic heterocycles. The molecule has 0 radical (unpaired) electrons. The van der Waals surface area contributed by atoms with Crippen LogP contribution in [0, 0.1) is 0 Å². The number of carbonyl (C=O) groups is 1. The standard InChI is InChI=1S/C15H23NO4/c1-3-19-11-8-9-12(14(10-11)20-4-2)13(16)6-5-7-15(17)18/h8-10,13H,3-7,16H2,1-2H3,(H,17,18). The highest BCUT2D eigenvalue weighted by atomic mass is 16.5. The van der Waals surface area contributed by atoms with E-state index in [2.05, 4.69) is 0 Å². The van der Waals surface area contributed by atoms with Crippen molar-refractivity contribution in [2.45, 2.75) is 39.2 Å². The summed E-state index contributed by atoms with van der Waals surface area (Å²) >= 11 is 0. The Morgan fingerprint density at radius 2 is 2.00 bits per heavy atom. The molecule has 0 saturated carbocycles. The maximum absolute atomic E-state index is 10.5. The predicted octanol–water partition coefficient (Wildman–Crippen LogP) is 2.74. The summed E-state index contributed by atoms with van der Waals surface area (Å²) in [4.78, 5) is 10.5. The summed E-state index contributed by atoms with van der Waals surface area (Å²) in [5.74, 6) is 0.660. The van der Waals surface area contributed by atoms with Gasteiger partial charge >= 0.3 is 5.97 Å². The fourth-order valence-electron chi connectivity index (χ4n) is 1.99. The molecule has 20 heavy (non-hydrogen) atoms. The van der Waals surface area contributed by atoms with Crippen LogP contribution in [0.1, 0.15) is 44.7 Å². The first kappa shape index (κ1) is 16.3. The average Bonchev–Trinajstić information content (AvgIpc) is 2.39. The van der Waals surface area contributed by atoms with Gasteiger partial charge in [0.1, 0.15) is 11.5 Å². The van der Waals surface area contributed by atoms with Gasteiger partial charge < -0.3 is 20.3 Å². The molecule has 0 amide bonds. The molecule has 5 heteroatoms. The zero-order valence-electron chi connectivity index (χ0n) is 12.1. The molecule has 0 heterocycles. The first-order chi connectivity index (χ1) is 9.58. The van der Waals surface area contributed by atoms with Crippen LogP contribution in [0.2, 0.25) is 0 Å². The Labute approximate surface area is 119 Å². The van der Waals surface area contributed by atoms with Gasteiger partial charge in [-0.15, -0.1) is 0 Å². The SMILES string of the molecule is CCOc1ccc(C(N)CCCC(=O)O)c(OCC)c1. The zero-order valence-corrected chi connectivity index (χ0v) is 12.1. The van der Waals surface area contributed by atoms with Crippen LogP contribution in [0.5, 0.6) is 11.5 Å². The van der Waals surface area contributed by atoms with Gasteiger partial charge in [0.15, 0.2) is 0 Å². The van der Waals surface area contributed by atoms with Crippen LogP contribution in [0.15, 0.2) is 18.2 Å². The van der Waals surface area contributed by atoms with E-state index in [1.54, 1.807) is 0 Å². The van der Waals surface area contributed by atoms with Gasteiger partial charge in [-0.1, -0.05) is 6.07 Å². The summed E-state index contributed by atoms with van der Waals surface area (Å²) in [5.41, 5.74) is 7.01. The van der Waals surface area contributed by atoms with Gasteiger partial charge in [-0.25, -0.2) is 0 Å². The summed E-state index contributed by atoms with van der Waals surface area (Å²) in [6.45, 7) is 4.97. The van der Waals surface area contributed by atoms with E-state index < -0.39 is 5.97 Å². The van der Waals surface area contributed by atoms with Crippen molar-refractivity contribution >= 4 is 5.97 Å². The monoisotopic (exact) mass is 281 g/mol. The zero-order chi connectivity index (χ0) is 15.0. The van der Waals surface area contributed by atoms with E-state index in [9.17, 15) is 4.79 Å². The maximum atomic E-state index is 10.5. The Morgan fingerprint density at radius 3 is 2.60 bits per heavy atom. The van der Waals surface area contributed by atoms with E-state index in [4.69, 9.17) is 20.3 Å². The lowest BCUT2D eigenvalue weighted by atomic mass is 10.0. The summed E-state index contributed by atoms with van der Waals surface area (Å²) < 4.78 is 11.0. The first-order valence-electron chi connectivity index (χ1n) is 6.95. The van der Waals surface area contributed by atoms with Crippen molar-refractivity contribution in [1.82, 2.24) is 0 Å². The number of hydrogen-bond acceptors (Lipinski definition) is 4. The van der Waals surface area contributed by atoms with Gasteiger partial charge in [0.2, 0.25) is 0 Å². The molecule has 112 valence electrons. The Balaban J connectivity index is 2.77. The van der Waals surface area contributed by atoms with E-state index in [0.717, 1.165) is 11.3 Å². The van der Waals surface area contributed by atoms with E-state index in [-0.39, 0.29) is 12.5 Å². The third kappa shape index (κ3) is 5.09. The number of nitrogens with two attached hydrogens (primary N) is 1. The molecular formula is C15H23NO4. The van der Waals surface area contributed by atoms with Crippen molar-refractivity contribution < 1.29 is 19.4 Å². The molecule has 1 rings (SSSR count). The highest BCUT2D eigenvalue weighted by Crippen LogP contribution is 2.31. The molecule has 3 N–H and O–H groups in total. The first-order valence-corrected chi connectivity index (χ1v) is 6.95. The summed E-state index contributed by atoms with van der Waals surface area (Å²) in [7, 11) is 0. The second kappa shape index (κ2) is 8.43. The second-order valence-corrected chi connectivity index (χ2v) is 4.46. The van der Waals surface area contributed by atoms with Crippen LogP contribution < -0.4 is 15.2 Å². The molecule has 5 nitrogen and oxygen atoms in total. The van der Waals surface area contributed by atoms with Crippen LogP contribution >= 0.6 is 0 Å². The topological polar surface area (TPSA) is 81.8 Å². The highest BCUT2D eigenvalue weighted by molar-refractivity contribution is 5.66. The number of rotatable bonds is 9. The maximum Gasteiger partial charge on any atom is 0.303 e. The van der Waals surface area contributed by atoms with Gasteiger partial charge in [-0.3, -0.25) is 4.79 Å². The number of carboxylic acid groups (broad SMARTS) is 1. The molecule has 0 bridgehead atoms. The molecule has 0 aliphatic rings. The van der Waals surface area contributed by atoms with Crippen LogP contribution in [-0.4, -0.2) is 24.3 Å². The summed E-state index contributed by atoms with van der Waals surface area (Å²) in [6, 6.07) is 5.35. The molecule has 0 saturated heterocycles. The van der Waals surface area contributed by atoms with Crippen molar-refractivity contribution in [2.75, 3.05) is 13.2 Å². The van der Waals surface area contributed by atoms with E-state index in [1.807, 2.05) is 32.0 Å². The number of aliphatic carboxylic acids is 1. The lowest BCUT2D eigenvalue weighted by Gasteiger charge is -2.17. The third-order valence-corrected chi connectivity index (χ3v) is 2.90. The molecule has 0 spiro atoms. The largest absolute Gasteiger partial charge is 0.494 e. The summed E-state index contributed by atoms with van der Waals surface area (Å²) in [5, 5.41) is 8.65. The predicted molar refractivity (Wildman–Crippen MR) is 77.2 cm³/mol. The molecule has 0 fully saturated rings. The van der Waals surface area contributed by atoms with Gasteiger partial charge in [0.25, 0.3) is 0 Å². The van der Waals surface area contributed by atoms with Gasteiger partial charge in [0, 0.05) is 24.1 Å². The van der Waals surface area contributed by atoms with Crippen LogP contribution in [0.4, 0.5) is 0 Å². The van der Waals surface area contributed by atoms with Crippen LogP contribution in [0.3, 0.4) is 0 Å². The molecule has 0 aliphatic carbocycles. The average molecular weight is 281 g/mol. The van der Waals surface area contributed by atoms with E-state index in [0.29, 0.717) is 31.8 Å². The van der Waals surface area contributed by atoms with Crippen molar-refractivity contribution in [3.05, 3.63) is 23.8 Å². The minimum Gasteiger partial charge on any atom is -0.494 e. The Kier molecular flexibility index (Phi) is 6.87. The van der Waals surface area contributed by atoms with Gasteiger partial charge in [0.05, 0.1) is 13.2 Å². The number of carboxylic acids is 1. The van der Waals surface area contributed by atoms with E-state index in [1.165, 1.54) is 0 Å². The minimum absolute atomic E-state index is 0.134. The normalized spacial score (nSPS) is 11.9. The molecule has 1 aromatic carbocycles. The van der Waals surface area contributed by atoms with Gasteiger partial charge in [-0.2, -0.15) is 0 Å². The van der Waals surface area contributed by atoms with Crippen molar-refractivity contribution in [3.63, 3.8) is 0 Å². The third-order valence-electron chi connectivity index (χ3n) is 2.90. The molecular weight excluding hydrogens is 258 g/mol. The smallest absolute Gasteiger partial charge is 0.303 e.